The number of hydrogen-bond acceptors (Lipinski definition) is 3. The molecule has 1 unspecified atom stereocenters. The third kappa shape index (κ3) is 4.33. The van der Waals surface area contributed by atoms with Crippen LogP contribution in [-0.2, 0) is 9.53 Å². The zero-order chi connectivity index (χ0) is 13.5. The molecule has 4 heteroatoms. The van der Waals surface area contributed by atoms with E-state index in [-0.39, 0.29) is 12.0 Å². The second-order valence-corrected chi connectivity index (χ2v) is 5.06. The molecule has 1 N–H and O–H groups in total. The topological polar surface area (TPSA) is 38.3 Å². The van der Waals surface area contributed by atoms with Crippen molar-refractivity contribution >= 4 is 27.6 Å². The summed E-state index contributed by atoms with van der Waals surface area (Å²) in [5.74, 6) is -0.184. The summed E-state index contributed by atoms with van der Waals surface area (Å²) < 4.78 is 6.10. The van der Waals surface area contributed by atoms with Crippen LogP contribution in [0.5, 0.6) is 0 Å². The Morgan fingerprint density at radius 1 is 1.44 bits per heavy atom. The van der Waals surface area contributed by atoms with Gasteiger partial charge >= 0.3 is 5.97 Å². The van der Waals surface area contributed by atoms with Gasteiger partial charge in [-0.1, -0.05) is 35.3 Å². The largest absolute Gasteiger partial charge is 0.464 e. The predicted molar refractivity (Wildman–Crippen MR) is 77.8 cm³/mol. The summed E-state index contributed by atoms with van der Waals surface area (Å²) in [7, 11) is 0. The lowest BCUT2D eigenvalue weighted by molar-refractivity contribution is -0.144. The van der Waals surface area contributed by atoms with Crippen LogP contribution in [0.3, 0.4) is 0 Å². The van der Waals surface area contributed by atoms with E-state index >= 15 is 0 Å². The number of esters is 1. The Morgan fingerprint density at radius 3 is 2.72 bits per heavy atom. The van der Waals surface area contributed by atoms with E-state index in [4.69, 9.17) is 4.74 Å². The van der Waals surface area contributed by atoms with Gasteiger partial charge in [-0.05, 0) is 38.0 Å². The monoisotopic (exact) mass is 313 g/mol. The molecule has 0 radical (unpaired) electrons. The predicted octanol–water partition coefficient (Wildman–Crippen LogP) is 3.90. The molecule has 100 valence electrons. The van der Waals surface area contributed by atoms with Crippen molar-refractivity contribution in [3.05, 3.63) is 28.2 Å². The van der Waals surface area contributed by atoms with E-state index in [1.807, 2.05) is 32.0 Å². The molecular weight excluding hydrogens is 294 g/mol. The van der Waals surface area contributed by atoms with Gasteiger partial charge in [0.05, 0.1) is 6.61 Å². The van der Waals surface area contributed by atoms with Gasteiger partial charge in [0.1, 0.15) is 6.04 Å². The highest BCUT2D eigenvalue weighted by Crippen LogP contribution is 2.21. The van der Waals surface area contributed by atoms with Crippen LogP contribution in [0.1, 0.15) is 32.3 Å². The Hall–Kier alpha value is -1.03. The molecule has 0 aromatic heterocycles. The lowest BCUT2D eigenvalue weighted by atomic mass is 10.1. The van der Waals surface area contributed by atoms with Gasteiger partial charge in [0.25, 0.3) is 0 Å². The minimum atomic E-state index is -0.274. The number of aryl methyl sites for hydroxylation is 1. The van der Waals surface area contributed by atoms with Gasteiger partial charge in [-0.25, -0.2) is 4.79 Å². The van der Waals surface area contributed by atoms with E-state index in [0.29, 0.717) is 6.61 Å². The Kier molecular flexibility index (Phi) is 6.19. The number of carbonyl (C=O) groups is 1. The van der Waals surface area contributed by atoms with Crippen molar-refractivity contribution in [2.45, 2.75) is 39.7 Å². The number of halogens is 1. The van der Waals surface area contributed by atoms with Crippen molar-refractivity contribution in [3.8, 4) is 0 Å². The first-order valence-electron chi connectivity index (χ1n) is 6.27. The normalized spacial score (nSPS) is 12.0. The summed E-state index contributed by atoms with van der Waals surface area (Å²) in [5.41, 5.74) is 2.10. The number of anilines is 1. The molecule has 0 bridgehead atoms. The first-order valence-corrected chi connectivity index (χ1v) is 7.07. The Labute approximate surface area is 117 Å². The molecule has 0 aliphatic rings. The van der Waals surface area contributed by atoms with Crippen molar-refractivity contribution in [1.82, 2.24) is 0 Å². The highest BCUT2D eigenvalue weighted by molar-refractivity contribution is 9.10. The molecule has 0 aliphatic carbocycles. The summed E-state index contributed by atoms with van der Waals surface area (Å²) in [6.07, 6.45) is 1.70. The first kappa shape index (κ1) is 15.0. The number of nitrogens with one attached hydrogen (secondary N) is 1. The molecule has 18 heavy (non-hydrogen) atoms. The quantitative estimate of drug-likeness (QED) is 0.809. The third-order valence-electron chi connectivity index (χ3n) is 2.66. The average Bonchev–Trinajstić information content (AvgIpc) is 2.33. The number of carbonyl (C=O) groups excluding carboxylic acids is 1. The molecule has 0 amide bonds. The second kappa shape index (κ2) is 7.41. The van der Waals surface area contributed by atoms with Gasteiger partial charge < -0.3 is 10.1 Å². The van der Waals surface area contributed by atoms with Crippen LogP contribution in [0.4, 0.5) is 5.69 Å². The number of rotatable bonds is 6. The maximum Gasteiger partial charge on any atom is 0.328 e. The second-order valence-electron chi connectivity index (χ2n) is 4.20. The van der Waals surface area contributed by atoms with E-state index in [2.05, 4.69) is 28.2 Å². The Bertz CT molecular complexity index is 407. The average molecular weight is 314 g/mol. The highest BCUT2D eigenvalue weighted by atomic mass is 79.9. The SMILES string of the molecule is CCCC(Nc1ccc(C)c(Br)c1)C(=O)OCC. The van der Waals surface area contributed by atoms with E-state index < -0.39 is 0 Å². The van der Waals surface area contributed by atoms with Gasteiger partial charge in [-0.2, -0.15) is 0 Å². The number of hydrogen-bond donors (Lipinski definition) is 1. The summed E-state index contributed by atoms with van der Waals surface area (Å²) in [6.45, 7) is 6.32. The van der Waals surface area contributed by atoms with Crippen molar-refractivity contribution in [2.24, 2.45) is 0 Å². The molecular formula is C14H20BrNO2. The van der Waals surface area contributed by atoms with Gasteiger partial charge in [-0.3, -0.25) is 0 Å². The molecule has 0 aliphatic heterocycles. The van der Waals surface area contributed by atoms with Crippen molar-refractivity contribution in [1.29, 1.82) is 0 Å². The van der Waals surface area contributed by atoms with Crippen LogP contribution in [-0.4, -0.2) is 18.6 Å². The van der Waals surface area contributed by atoms with Crippen LogP contribution in [0, 0.1) is 6.92 Å². The maximum absolute atomic E-state index is 11.8. The number of benzene rings is 1. The van der Waals surface area contributed by atoms with Crippen LogP contribution < -0.4 is 5.32 Å². The standard InChI is InChI=1S/C14H20BrNO2/c1-4-6-13(14(17)18-5-2)16-11-8-7-10(3)12(15)9-11/h7-9,13,16H,4-6H2,1-3H3. The van der Waals surface area contributed by atoms with Crippen LogP contribution >= 0.6 is 15.9 Å². The fraction of sp³-hybridized carbons (Fsp3) is 0.500. The zero-order valence-corrected chi connectivity index (χ0v) is 12.7. The van der Waals surface area contributed by atoms with E-state index in [1.165, 1.54) is 5.56 Å². The van der Waals surface area contributed by atoms with Gasteiger partial charge in [-0.15, -0.1) is 0 Å². The minimum absolute atomic E-state index is 0.184. The van der Waals surface area contributed by atoms with E-state index in [0.717, 1.165) is 23.0 Å². The Balaban J connectivity index is 2.76. The van der Waals surface area contributed by atoms with Crippen molar-refractivity contribution in [2.75, 3.05) is 11.9 Å². The molecule has 0 fully saturated rings. The zero-order valence-electron chi connectivity index (χ0n) is 11.1. The van der Waals surface area contributed by atoms with E-state index in [9.17, 15) is 4.79 Å². The molecule has 1 aromatic rings. The maximum atomic E-state index is 11.8. The lowest BCUT2D eigenvalue weighted by Gasteiger charge is -2.18. The highest BCUT2D eigenvalue weighted by Gasteiger charge is 2.18. The van der Waals surface area contributed by atoms with Crippen LogP contribution in [0.15, 0.2) is 22.7 Å². The summed E-state index contributed by atoms with van der Waals surface area (Å²) in [5, 5.41) is 3.23. The molecule has 1 atom stereocenters. The summed E-state index contributed by atoms with van der Waals surface area (Å²) in [6, 6.07) is 5.70. The molecule has 1 aromatic carbocycles. The molecule has 3 nitrogen and oxygen atoms in total. The molecule has 0 saturated carbocycles. The summed E-state index contributed by atoms with van der Waals surface area (Å²) in [4.78, 5) is 11.8. The molecule has 1 rings (SSSR count). The third-order valence-corrected chi connectivity index (χ3v) is 3.52. The lowest BCUT2D eigenvalue weighted by Crippen LogP contribution is -2.31. The van der Waals surface area contributed by atoms with Gasteiger partial charge in [0.2, 0.25) is 0 Å². The van der Waals surface area contributed by atoms with Crippen LogP contribution in [0.25, 0.3) is 0 Å². The Morgan fingerprint density at radius 2 is 2.17 bits per heavy atom. The van der Waals surface area contributed by atoms with Gasteiger partial charge in [0.15, 0.2) is 0 Å². The first-order chi connectivity index (χ1) is 8.58. The van der Waals surface area contributed by atoms with Crippen LogP contribution in [0.2, 0.25) is 0 Å². The number of ether oxygens (including phenoxy) is 1. The molecule has 0 saturated heterocycles. The van der Waals surface area contributed by atoms with Crippen molar-refractivity contribution in [3.63, 3.8) is 0 Å². The minimum Gasteiger partial charge on any atom is -0.464 e. The smallest absolute Gasteiger partial charge is 0.328 e. The molecule has 0 heterocycles. The fourth-order valence-electron chi connectivity index (χ4n) is 1.66. The van der Waals surface area contributed by atoms with E-state index in [1.54, 1.807) is 0 Å². The van der Waals surface area contributed by atoms with Gasteiger partial charge in [0, 0.05) is 10.2 Å². The fourth-order valence-corrected chi connectivity index (χ4v) is 2.04. The summed E-state index contributed by atoms with van der Waals surface area (Å²) >= 11 is 3.49. The molecule has 0 spiro atoms. The van der Waals surface area contributed by atoms with Crippen molar-refractivity contribution < 1.29 is 9.53 Å².